The molecule has 3 nitrogen and oxygen atoms in total. The van der Waals surface area contributed by atoms with E-state index in [0.717, 1.165) is 10.0 Å². The quantitative estimate of drug-likeness (QED) is 0.620. The number of ether oxygens (including phenoxy) is 1. The zero-order chi connectivity index (χ0) is 12.8. The van der Waals surface area contributed by atoms with Gasteiger partial charge in [-0.1, -0.05) is 35.0 Å². The van der Waals surface area contributed by atoms with Crippen molar-refractivity contribution in [1.82, 2.24) is 0 Å². The Morgan fingerprint density at radius 2 is 1.88 bits per heavy atom. The van der Waals surface area contributed by atoms with Gasteiger partial charge in [0, 0.05) is 10.9 Å². The van der Waals surface area contributed by atoms with Gasteiger partial charge in [-0.15, -0.1) is 0 Å². The molecule has 4 heteroatoms. The van der Waals surface area contributed by atoms with E-state index in [1.54, 1.807) is 6.92 Å². The molecule has 0 aliphatic carbocycles. The lowest BCUT2D eigenvalue weighted by atomic mass is 9.96. The lowest BCUT2D eigenvalue weighted by molar-refractivity contribution is -0.153. The molecule has 17 heavy (non-hydrogen) atoms. The molecule has 0 spiro atoms. The number of Topliss-reactive ketones (excluding diaryl/α,β-unsaturated/α-hetero) is 1. The first kappa shape index (κ1) is 13.9. The second-order valence-corrected chi connectivity index (χ2v) is 4.72. The molecule has 1 aromatic rings. The Kier molecular flexibility index (Phi) is 5.35. The summed E-state index contributed by atoms with van der Waals surface area (Å²) in [7, 11) is 0. The van der Waals surface area contributed by atoms with Gasteiger partial charge in [0.25, 0.3) is 0 Å². The van der Waals surface area contributed by atoms with Gasteiger partial charge in [-0.05, 0) is 30.5 Å². The Morgan fingerprint density at radius 1 is 1.29 bits per heavy atom. The number of esters is 1. The number of halogens is 1. The third kappa shape index (κ3) is 4.30. The minimum Gasteiger partial charge on any atom is -0.460 e. The van der Waals surface area contributed by atoms with Gasteiger partial charge < -0.3 is 4.74 Å². The number of hydrogen-bond acceptors (Lipinski definition) is 3. The zero-order valence-electron chi connectivity index (χ0n) is 9.90. The van der Waals surface area contributed by atoms with E-state index in [0.29, 0.717) is 0 Å². The third-order valence-electron chi connectivity index (χ3n) is 2.43. The predicted molar refractivity (Wildman–Crippen MR) is 68.8 cm³/mol. The number of rotatable bonds is 5. The Labute approximate surface area is 109 Å². The minimum absolute atomic E-state index is 0.0139. The molecule has 0 unspecified atom stereocenters. The van der Waals surface area contributed by atoms with E-state index in [1.165, 1.54) is 0 Å². The topological polar surface area (TPSA) is 43.4 Å². The van der Waals surface area contributed by atoms with E-state index in [2.05, 4.69) is 20.7 Å². The number of benzene rings is 1. The van der Waals surface area contributed by atoms with Crippen molar-refractivity contribution in [3.63, 3.8) is 0 Å². The van der Waals surface area contributed by atoms with E-state index in [-0.39, 0.29) is 18.9 Å². The van der Waals surface area contributed by atoms with Crippen molar-refractivity contribution >= 4 is 27.7 Å². The maximum Gasteiger partial charge on any atom is 0.374 e. The summed E-state index contributed by atoms with van der Waals surface area (Å²) in [5.74, 6) is -1.20. The maximum absolute atomic E-state index is 11.5. The molecule has 0 aliphatic heterocycles. The molecule has 1 atom stereocenters. The third-order valence-corrected chi connectivity index (χ3v) is 2.96. The van der Waals surface area contributed by atoms with Gasteiger partial charge in [-0.25, -0.2) is 4.79 Å². The molecule has 0 N–H and O–H groups in total. The smallest absolute Gasteiger partial charge is 0.374 e. The number of ketones is 1. The first-order valence-corrected chi connectivity index (χ1v) is 6.29. The lowest BCUT2D eigenvalue weighted by Gasteiger charge is -2.10. The van der Waals surface area contributed by atoms with Crippen LogP contribution in [0, 0.1) is 0 Å². The molecule has 1 rings (SSSR count). The molecule has 1 aromatic carbocycles. The summed E-state index contributed by atoms with van der Waals surface area (Å²) in [4.78, 5) is 22.7. The maximum atomic E-state index is 11.5. The second kappa shape index (κ2) is 6.55. The summed E-state index contributed by atoms with van der Waals surface area (Å²) in [5.41, 5.74) is 1.03. The molecule has 0 saturated heterocycles. The highest BCUT2D eigenvalue weighted by atomic mass is 79.9. The SMILES string of the molecule is CCOC(=O)C(=O)C[C@@H](C)c1ccc(Br)cc1. The highest BCUT2D eigenvalue weighted by Gasteiger charge is 2.18. The molecule has 0 aliphatic rings. The van der Waals surface area contributed by atoms with Crippen LogP contribution in [0.15, 0.2) is 28.7 Å². The number of carbonyl (C=O) groups is 2. The summed E-state index contributed by atoms with van der Waals surface area (Å²) in [6.07, 6.45) is 0.181. The van der Waals surface area contributed by atoms with Crippen molar-refractivity contribution in [2.45, 2.75) is 26.2 Å². The highest BCUT2D eigenvalue weighted by Crippen LogP contribution is 2.21. The summed E-state index contributed by atoms with van der Waals surface area (Å²) in [5, 5.41) is 0. The number of carbonyl (C=O) groups excluding carboxylic acids is 2. The van der Waals surface area contributed by atoms with Crippen molar-refractivity contribution in [2.24, 2.45) is 0 Å². The molecule has 0 heterocycles. The van der Waals surface area contributed by atoms with Gasteiger partial charge in [0.05, 0.1) is 6.61 Å². The van der Waals surface area contributed by atoms with Crippen molar-refractivity contribution in [3.8, 4) is 0 Å². The van der Waals surface area contributed by atoms with Gasteiger partial charge in [-0.2, -0.15) is 0 Å². The molecule has 0 bridgehead atoms. The van der Waals surface area contributed by atoms with Gasteiger partial charge in [-0.3, -0.25) is 4.79 Å². The van der Waals surface area contributed by atoms with Crippen LogP contribution in [0.5, 0.6) is 0 Å². The summed E-state index contributed by atoms with van der Waals surface area (Å²) >= 11 is 3.35. The molecule has 0 saturated carbocycles. The fourth-order valence-electron chi connectivity index (χ4n) is 1.48. The van der Waals surface area contributed by atoms with Crippen LogP contribution in [0.4, 0.5) is 0 Å². The molecule has 0 radical (unpaired) electrons. The Balaban J connectivity index is 2.60. The average Bonchev–Trinajstić information content (AvgIpc) is 2.30. The standard InChI is InChI=1S/C13H15BrO3/c1-3-17-13(16)12(15)8-9(2)10-4-6-11(14)7-5-10/h4-7,9H,3,8H2,1-2H3/t9-/m1/s1. The minimum atomic E-state index is -0.739. The predicted octanol–water partition coefficient (Wildman–Crippen LogP) is 3.07. The Bertz CT molecular complexity index is 398. The largest absolute Gasteiger partial charge is 0.460 e. The van der Waals surface area contributed by atoms with Crippen molar-refractivity contribution in [1.29, 1.82) is 0 Å². The van der Waals surface area contributed by atoms with E-state index in [1.807, 2.05) is 31.2 Å². The van der Waals surface area contributed by atoms with Crippen LogP contribution in [0.1, 0.15) is 31.7 Å². The van der Waals surface area contributed by atoms with Crippen molar-refractivity contribution < 1.29 is 14.3 Å². The molecule has 0 fully saturated rings. The monoisotopic (exact) mass is 298 g/mol. The second-order valence-electron chi connectivity index (χ2n) is 3.80. The normalized spacial score (nSPS) is 11.9. The van der Waals surface area contributed by atoms with Gasteiger partial charge in [0.15, 0.2) is 0 Å². The fourth-order valence-corrected chi connectivity index (χ4v) is 1.75. The molecule has 92 valence electrons. The lowest BCUT2D eigenvalue weighted by Crippen LogP contribution is -2.19. The van der Waals surface area contributed by atoms with Crippen LogP contribution in [0.3, 0.4) is 0 Å². The van der Waals surface area contributed by atoms with E-state index < -0.39 is 11.8 Å². The van der Waals surface area contributed by atoms with Gasteiger partial charge in [0.2, 0.25) is 5.78 Å². The van der Waals surface area contributed by atoms with E-state index in [9.17, 15) is 9.59 Å². The molecular formula is C13H15BrO3. The fraction of sp³-hybridized carbons (Fsp3) is 0.385. The van der Waals surface area contributed by atoms with Crippen LogP contribution in [0.2, 0.25) is 0 Å². The van der Waals surface area contributed by atoms with Crippen molar-refractivity contribution in [3.05, 3.63) is 34.3 Å². The molecular weight excluding hydrogens is 284 g/mol. The van der Waals surface area contributed by atoms with Gasteiger partial charge >= 0.3 is 5.97 Å². The van der Waals surface area contributed by atoms with Crippen molar-refractivity contribution in [2.75, 3.05) is 6.61 Å². The van der Waals surface area contributed by atoms with E-state index in [4.69, 9.17) is 0 Å². The summed E-state index contributed by atoms with van der Waals surface area (Å²) in [6.45, 7) is 3.83. The Hall–Kier alpha value is -1.16. The summed E-state index contributed by atoms with van der Waals surface area (Å²) < 4.78 is 5.65. The highest BCUT2D eigenvalue weighted by molar-refractivity contribution is 9.10. The first-order chi connectivity index (χ1) is 8.04. The Morgan fingerprint density at radius 3 is 2.41 bits per heavy atom. The van der Waals surface area contributed by atoms with Crippen LogP contribution < -0.4 is 0 Å². The average molecular weight is 299 g/mol. The molecule has 0 amide bonds. The number of hydrogen-bond donors (Lipinski definition) is 0. The molecule has 0 aromatic heterocycles. The summed E-state index contributed by atoms with van der Waals surface area (Å²) in [6, 6.07) is 7.71. The van der Waals surface area contributed by atoms with Crippen LogP contribution >= 0.6 is 15.9 Å². The first-order valence-electron chi connectivity index (χ1n) is 5.50. The zero-order valence-corrected chi connectivity index (χ0v) is 11.5. The van der Waals surface area contributed by atoms with Crippen LogP contribution in [0.25, 0.3) is 0 Å². The van der Waals surface area contributed by atoms with E-state index >= 15 is 0 Å². The van der Waals surface area contributed by atoms with Gasteiger partial charge in [0.1, 0.15) is 0 Å². The van der Waals surface area contributed by atoms with Crippen LogP contribution in [-0.4, -0.2) is 18.4 Å². The van der Waals surface area contributed by atoms with Crippen LogP contribution in [-0.2, 0) is 14.3 Å².